The van der Waals surface area contributed by atoms with Crippen LogP contribution in [0.25, 0.3) is 0 Å². The number of nitrogens with zero attached hydrogens (tertiary/aromatic N) is 3. The lowest BCUT2D eigenvalue weighted by Crippen LogP contribution is -2.25. The fraction of sp³-hybridized carbons (Fsp3) is 0.769. The first kappa shape index (κ1) is 16.6. The van der Waals surface area contributed by atoms with E-state index in [2.05, 4.69) is 15.0 Å². The zero-order valence-corrected chi connectivity index (χ0v) is 12.5. The number of rotatable bonds is 8. The van der Waals surface area contributed by atoms with E-state index in [-0.39, 0.29) is 24.9 Å². The van der Waals surface area contributed by atoms with Crippen molar-refractivity contribution in [3.05, 3.63) is 11.4 Å². The normalized spacial score (nSPS) is 12.7. The molecule has 0 saturated heterocycles. The van der Waals surface area contributed by atoms with Crippen molar-refractivity contribution in [2.24, 2.45) is 0 Å². The molecule has 0 radical (unpaired) electrons. The van der Waals surface area contributed by atoms with Crippen molar-refractivity contribution < 1.29 is 19.4 Å². The van der Waals surface area contributed by atoms with Crippen LogP contribution in [0.3, 0.4) is 0 Å². The van der Waals surface area contributed by atoms with E-state index in [1.807, 2.05) is 20.8 Å². The minimum atomic E-state index is -0.694. The molecule has 1 unspecified atom stereocenters. The molecule has 7 nitrogen and oxygen atoms in total. The zero-order chi connectivity index (χ0) is 15.1. The van der Waals surface area contributed by atoms with Crippen molar-refractivity contribution in [1.82, 2.24) is 15.0 Å². The van der Waals surface area contributed by atoms with Crippen LogP contribution >= 0.6 is 0 Å². The Morgan fingerprint density at radius 3 is 2.70 bits per heavy atom. The predicted octanol–water partition coefficient (Wildman–Crippen LogP) is 0.803. The second kappa shape index (κ2) is 7.96. The minimum Gasteiger partial charge on any atom is -0.464 e. The summed E-state index contributed by atoms with van der Waals surface area (Å²) in [6.07, 6.45) is 0.854. The van der Waals surface area contributed by atoms with Gasteiger partial charge in [-0.3, -0.25) is 0 Å². The van der Waals surface area contributed by atoms with Gasteiger partial charge in [0.2, 0.25) is 0 Å². The monoisotopic (exact) mass is 285 g/mol. The highest BCUT2D eigenvalue weighted by molar-refractivity contribution is 5.88. The highest BCUT2D eigenvalue weighted by Crippen LogP contribution is 2.11. The van der Waals surface area contributed by atoms with E-state index in [9.17, 15) is 9.90 Å². The van der Waals surface area contributed by atoms with Gasteiger partial charge in [0.05, 0.1) is 38.2 Å². The zero-order valence-electron chi connectivity index (χ0n) is 12.5. The van der Waals surface area contributed by atoms with Crippen LogP contribution in [0, 0.1) is 0 Å². The summed E-state index contributed by atoms with van der Waals surface area (Å²) >= 11 is 0. The summed E-state index contributed by atoms with van der Waals surface area (Å²) in [7, 11) is 1.31. The number of aliphatic hydroxyl groups excluding tert-OH is 1. The van der Waals surface area contributed by atoms with Crippen molar-refractivity contribution in [3.8, 4) is 0 Å². The van der Waals surface area contributed by atoms with Gasteiger partial charge in [0.25, 0.3) is 0 Å². The molecule has 1 heterocycles. The summed E-state index contributed by atoms with van der Waals surface area (Å²) in [5, 5.41) is 17.7. The van der Waals surface area contributed by atoms with Crippen LogP contribution in [0.15, 0.2) is 0 Å². The van der Waals surface area contributed by atoms with Gasteiger partial charge < -0.3 is 14.6 Å². The maximum atomic E-state index is 11.6. The molecule has 0 spiro atoms. The highest BCUT2D eigenvalue weighted by atomic mass is 16.5. The van der Waals surface area contributed by atoms with Gasteiger partial charge in [0.15, 0.2) is 5.69 Å². The molecule has 0 bridgehead atoms. The summed E-state index contributed by atoms with van der Waals surface area (Å²) in [6.45, 7) is 6.26. The van der Waals surface area contributed by atoms with Crippen LogP contribution in [0.1, 0.15) is 43.4 Å². The number of carbonyl (C=O) groups excluding carboxylic acids is 1. The van der Waals surface area contributed by atoms with E-state index >= 15 is 0 Å². The number of hydrogen-bond donors (Lipinski definition) is 1. The largest absolute Gasteiger partial charge is 0.464 e. The van der Waals surface area contributed by atoms with E-state index in [1.165, 1.54) is 7.11 Å². The average molecular weight is 285 g/mol. The summed E-state index contributed by atoms with van der Waals surface area (Å²) in [5.41, 5.74) is 0.897. The third-order valence-corrected chi connectivity index (χ3v) is 2.71. The summed E-state index contributed by atoms with van der Waals surface area (Å²) < 4.78 is 11.6. The fourth-order valence-electron chi connectivity index (χ4n) is 1.77. The van der Waals surface area contributed by atoms with Crippen molar-refractivity contribution in [1.29, 1.82) is 0 Å². The van der Waals surface area contributed by atoms with Crippen molar-refractivity contribution in [3.63, 3.8) is 0 Å². The molecule has 1 rings (SSSR count). The van der Waals surface area contributed by atoms with Gasteiger partial charge in [-0.15, -0.1) is 5.10 Å². The number of methoxy groups -OCH3 is 1. The molecule has 1 N–H and O–H groups in total. The third kappa shape index (κ3) is 4.57. The smallest absolute Gasteiger partial charge is 0.360 e. The van der Waals surface area contributed by atoms with Gasteiger partial charge in [0, 0.05) is 0 Å². The second-order valence-electron chi connectivity index (χ2n) is 4.84. The number of aliphatic hydroxyl groups is 1. The molecule has 114 valence electrons. The predicted molar refractivity (Wildman–Crippen MR) is 72.5 cm³/mol. The molecule has 0 aliphatic heterocycles. The van der Waals surface area contributed by atoms with E-state index in [1.54, 1.807) is 4.68 Å². The Morgan fingerprint density at radius 2 is 2.15 bits per heavy atom. The molecule has 0 amide bonds. The number of carbonyl (C=O) groups is 1. The molecular formula is C13H23N3O4. The molecule has 0 aliphatic rings. The first-order valence-corrected chi connectivity index (χ1v) is 6.79. The Bertz CT molecular complexity index is 431. The molecule has 20 heavy (non-hydrogen) atoms. The topological polar surface area (TPSA) is 86.5 Å². The van der Waals surface area contributed by atoms with Crippen LogP contribution in [-0.2, 0) is 22.4 Å². The van der Waals surface area contributed by atoms with E-state index in [4.69, 9.17) is 4.74 Å². The first-order valence-electron chi connectivity index (χ1n) is 6.79. The molecule has 0 fully saturated rings. The Labute approximate surface area is 118 Å². The van der Waals surface area contributed by atoms with Crippen molar-refractivity contribution in [2.75, 3.05) is 13.7 Å². The number of hydrogen-bond acceptors (Lipinski definition) is 6. The average Bonchev–Trinajstić information content (AvgIpc) is 2.79. The molecule has 0 aliphatic carbocycles. The van der Waals surface area contributed by atoms with Crippen LogP contribution in [-0.4, -0.2) is 52.0 Å². The van der Waals surface area contributed by atoms with Crippen LogP contribution in [0.5, 0.6) is 0 Å². The van der Waals surface area contributed by atoms with Gasteiger partial charge in [-0.2, -0.15) is 0 Å². The lowest BCUT2D eigenvalue weighted by atomic mass is 10.2. The van der Waals surface area contributed by atoms with E-state index in [0.717, 1.165) is 6.42 Å². The summed E-state index contributed by atoms with van der Waals surface area (Å²) in [6, 6.07) is 0. The summed E-state index contributed by atoms with van der Waals surface area (Å²) in [5.74, 6) is -0.507. The van der Waals surface area contributed by atoms with Gasteiger partial charge in [-0.05, 0) is 20.3 Å². The van der Waals surface area contributed by atoms with Crippen molar-refractivity contribution in [2.45, 2.75) is 52.4 Å². The maximum Gasteiger partial charge on any atom is 0.360 e. The molecule has 1 atom stereocenters. The molecule has 1 aromatic heterocycles. The Balaban J connectivity index is 2.78. The lowest BCUT2D eigenvalue weighted by molar-refractivity contribution is -0.00252. The summed E-state index contributed by atoms with van der Waals surface area (Å²) in [4.78, 5) is 11.6. The van der Waals surface area contributed by atoms with E-state index in [0.29, 0.717) is 12.1 Å². The van der Waals surface area contributed by atoms with E-state index < -0.39 is 12.1 Å². The number of ether oxygens (including phenoxy) is 2. The SMILES string of the molecule is CCCc1c(C(=O)OC)nnn1CC(O)COC(C)C. The van der Waals surface area contributed by atoms with Gasteiger partial charge in [-0.25, -0.2) is 9.48 Å². The van der Waals surface area contributed by atoms with Gasteiger partial charge >= 0.3 is 5.97 Å². The molecule has 0 aromatic carbocycles. The molecule has 7 heteroatoms. The maximum absolute atomic E-state index is 11.6. The molecular weight excluding hydrogens is 262 g/mol. The van der Waals surface area contributed by atoms with Crippen LogP contribution in [0.2, 0.25) is 0 Å². The highest BCUT2D eigenvalue weighted by Gasteiger charge is 2.21. The second-order valence-corrected chi connectivity index (χ2v) is 4.84. The number of aromatic nitrogens is 3. The molecule has 0 saturated carbocycles. The minimum absolute atomic E-state index is 0.0566. The number of esters is 1. The van der Waals surface area contributed by atoms with Crippen molar-refractivity contribution >= 4 is 5.97 Å². The van der Waals surface area contributed by atoms with Crippen LogP contribution < -0.4 is 0 Å². The van der Waals surface area contributed by atoms with Gasteiger partial charge in [0.1, 0.15) is 0 Å². The third-order valence-electron chi connectivity index (χ3n) is 2.71. The quantitative estimate of drug-likeness (QED) is 0.711. The Kier molecular flexibility index (Phi) is 6.60. The first-order chi connectivity index (χ1) is 9.49. The lowest BCUT2D eigenvalue weighted by Gasteiger charge is -2.14. The Hall–Kier alpha value is -1.47. The Morgan fingerprint density at radius 1 is 1.45 bits per heavy atom. The standard InChI is InChI=1S/C13H23N3O4/c1-5-6-11-12(13(18)19-4)14-15-16(11)7-10(17)8-20-9(2)3/h9-10,17H,5-8H2,1-4H3. The fourth-order valence-corrected chi connectivity index (χ4v) is 1.77. The molecule has 1 aromatic rings. The van der Waals surface area contributed by atoms with Gasteiger partial charge in [-0.1, -0.05) is 18.6 Å². The van der Waals surface area contributed by atoms with Crippen LogP contribution in [0.4, 0.5) is 0 Å².